The normalized spacial score (nSPS) is 45.8. The van der Waals surface area contributed by atoms with E-state index >= 15 is 0 Å². The van der Waals surface area contributed by atoms with Crippen LogP contribution in [-0.4, -0.2) is 11.2 Å². The predicted octanol–water partition coefficient (Wildman–Crippen LogP) is 7.94. The molecule has 0 bridgehead atoms. The number of hydrogen-bond acceptors (Lipinski definition) is 1. The monoisotopic (exact) mass is 412 g/mol. The quantitative estimate of drug-likeness (QED) is 0.454. The van der Waals surface area contributed by atoms with Gasteiger partial charge < -0.3 is 5.11 Å². The van der Waals surface area contributed by atoms with Crippen LogP contribution < -0.4 is 0 Å². The minimum absolute atomic E-state index is 0.0833. The summed E-state index contributed by atoms with van der Waals surface area (Å²) in [7, 11) is 0. The maximum Gasteiger partial charge on any atom is 0.0577 e. The molecule has 1 heteroatoms. The Labute approximate surface area is 186 Å². The van der Waals surface area contributed by atoms with Gasteiger partial charge in [-0.1, -0.05) is 51.0 Å². The van der Waals surface area contributed by atoms with E-state index in [1.807, 2.05) is 0 Å². The Morgan fingerprint density at radius 3 is 2.60 bits per heavy atom. The van der Waals surface area contributed by atoms with E-state index in [4.69, 9.17) is 0 Å². The maximum absolute atomic E-state index is 10.2. The SMILES string of the molecule is C/C=C(\C)[C@@H](C)CC[C@@H](C)[C@H]1CC[C@H]2[C@@H]3CC=C4C[C@@H](O)CC[C@]4(C)[C@H]3CC[C@]12C. The Morgan fingerprint density at radius 1 is 1.10 bits per heavy atom. The van der Waals surface area contributed by atoms with Gasteiger partial charge >= 0.3 is 0 Å². The molecule has 0 radical (unpaired) electrons. The molecular formula is C29H48O. The van der Waals surface area contributed by atoms with Gasteiger partial charge in [-0.2, -0.15) is 0 Å². The summed E-state index contributed by atoms with van der Waals surface area (Å²) < 4.78 is 0. The van der Waals surface area contributed by atoms with Crippen LogP contribution >= 0.6 is 0 Å². The number of allylic oxidation sites excluding steroid dienone is 3. The topological polar surface area (TPSA) is 20.2 Å². The number of fused-ring (bicyclic) bond motifs is 5. The molecule has 4 aliphatic rings. The molecule has 0 saturated heterocycles. The van der Waals surface area contributed by atoms with E-state index in [0.717, 1.165) is 48.3 Å². The first kappa shape index (κ1) is 22.6. The van der Waals surface area contributed by atoms with Gasteiger partial charge in [0.05, 0.1) is 6.10 Å². The zero-order valence-corrected chi connectivity index (χ0v) is 20.7. The van der Waals surface area contributed by atoms with Gasteiger partial charge in [0.15, 0.2) is 0 Å². The molecule has 0 aliphatic heterocycles. The van der Waals surface area contributed by atoms with Crippen LogP contribution in [0, 0.1) is 46.3 Å². The van der Waals surface area contributed by atoms with Crippen molar-refractivity contribution in [2.75, 3.05) is 0 Å². The van der Waals surface area contributed by atoms with Crippen molar-refractivity contribution in [3.05, 3.63) is 23.3 Å². The summed E-state index contributed by atoms with van der Waals surface area (Å²) in [6, 6.07) is 0. The molecule has 0 amide bonds. The molecule has 1 nitrogen and oxygen atoms in total. The van der Waals surface area contributed by atoms with Crippen LogP contribution in [0.3, 0.4) is 0 Å². The first-order valence-corrected chi connectivity index (χ1v) is 13.2. The fourth-order valence-electron chi connectivity index (χ4n) is 8.84. The van der Waals surface area contributed by atoms with Crippen LogP contribution in [0.1, 0.15) is 106 Å². The third-order valence-electron chi connectivity index (χ3n) is 11.1. The Hall–Kier alpha value is -0.560. The molecule has 1 N–H and O–H groups in total. The molecule has 0 aromatic heterocycles. The Bertz CT molecular complexity index is 688. The molecular weight excluding hydrogens is 364 g/mol. The lowest BCUT2D eigenvalue weighted by Crippen LogP contribution is -2.50. The van der Waals surface area contributed by atoms with Crippen molar-refractivity contribution in [3.63, 3.8) is 0 Å². The summed E-state index contributed by atoms with van der Waals surface area (Å²) in [5, 5.41) is 10.2. The van der Waals surface area contributed by atoms with Crippen molar-refractivity contribution in [1.29, 1.82) is 0 Å². The van der Waals surface area contributed by atoms with Crippen molar-refractivity contribution < 1.29 is 5.11 Å². The summed E-state index contributed by atoms with van der Waals surface area (Å²) in [6.45, 7) is 14.7. The first-order valence-electron chi connectivity index (χ1n) is 13.2. The summed E-state index contributed by atoms with van der Waals surface area (Å²) in [5.74, 6) is 5.22. The van der Waals surface area contributed by atoms with Crippen LogP contribution in [0.4, 0.5) is 0 Å². The molecule has 9 atom stereocenters. The van der Waals surface area contributed by atoms with E-state index in [1.165, 1.54) is 51.4 Å². The van der Waals surface area contributed by atoms with Crippen LogP contribution in [0.2, 0.25) is 0 Å². The third kappa shape index (κ3) is 3.66. The summed E-state index contributed by atoms with van der Waals surface area (Å²) in [4.78, 5) is 0. The molecule has 3 fully saturated rings. The van der Waals surface area contributed by atoms with Gasteiger partial charge in [-0.15, -0.1) is 0 Å². The lowest BCUT2D eigenvalue weighted by molar-refractivity contribution is -0.0573. The highest BCUT2D eigenvalue weighted by Gasteiger charge is 2.59. The molecule has 0 heterocycles. The van der Waals surface area contributed by atoms with Gasteiger partial charge in [-0.25, -0.2) is 0 Å². The van der Waals surface area contributed by atoms with E-state index in [9.17, 15) is 5.11 Å². The van der Waals surface area contributed by atoms with Crippen LogP contribution in [-0.2, 0) is 0 Å². The second-order valence-corrected chi connectivity index (χ2v) is 12.4. The molecule has 0 unspecified atom stereocenters. The molecule has 4 aliphatic carbocycles. The highest BCUT2D eigenvalue weighted by molar-refractivity contribution is 5.25. The van der Waals surface area contributed by atoms with Crippen molar-refractivity contribution >= 4 is 0 Å². The molecule has 170 valence electrons. The Balaban J connectivity index is 1.47. The minimum atomic E-state index is -0.0833. The first-order chi connectivity index (χ1) is 14.2. The number of aliphatic hydroxyl groups is 1. The van der Waals surface area contributed by atoms with Crippen molar-refractivity contribution in [1.82, 2.24) is 0 Å². The average Bonchev–Trinajstić information content (AvgIpc) is 3.09. The van der Waals surface area contributed by atoms with E-state index in [0.29, 0.717) is 10.8 Å². The Kier molecular flexibility index (Phi) is 6.35. The van der Waals surface area contributed by atoms with E-state index in [-0.39, 0.29) is 6.10 Å². The largest absolute Gasteiger partial charge is 0.393 e. The van der Waals surface area contributed by atoms with Gasteiger partial charge in [0.25, 0.3) is 0 Å². The van der Waals surface area contributed by atoms with Gasteiger partial charge in [-0.05, 0) is 124 Å². The summed E-state index contributed by atoms with van der Waals surface area (Å²) in [5.41, 5.74) is 4.12. The molecule has 0 aromatic rings. The van der Waals surface area contributed by atoms with Gasteiger partial charge in [0, 0.05) is 0 Å². The number of rotatable bonds is 5. The zero-order valence-electron chi connectivity index (χ0n) is 20.7. The smallest absolute Gasteiger partial charge is 0.0577 e. The number of hydrogen-bond donors (Lipinski definition) is 1. The highest BCUT2D eigenvalue weighted by atomic mass is 16.3. The van der Waals surface area contributed by atoms with Crippen LogP contribution in [0.5, 0.6) is 0 Å². The van der Waals surface area contributed by atoms with Gasteiger partial charge in [-0.3, -0.25) is 0 Å². The van der Waals surface area contributed by atoms with Gasteiger partial charge in [0.2, 0.25) is 0 Å². The second kappa shape index (κ2) is 8.42. The summed E-state index contributed by atoms with van der Waals surface area (Å²) >= 11 is 0. The van der Waals surface area contributed by atoms with E-state index in [2.05, 4.69) is 53.7 Å². The van der Waals surface area contributed by atoms with E-state index < -0.39 is 0 Å². The Morgan fingerprint density at radius 2 is 1.87 bits per heavy atom. The fourth-order valence-corrected chi connectivity index (χ4v) is 8.84. The van der Waals surface area contributed by atoms with Crippen molar-refractivity contribution in [3.8, 4) is 0 Å². The molecule has 0 aromatic carbocycles. The van der Waals surface area contributed by atoms with Crippen LogP contribution in [0.15, 0.2) is 23.3 Å². The second-order valence-electron chi connectivity index (χ2n) is 12.4. The van der Waals surface area contributed by atoms with Crippen LogP contribution in [0.25, 0.3) is 0 Å². The minimum Gasteiger partial charge on any atom is -0.393 e. The standard InChI is InChI=1S/C29H48O/c1-7-19(2)20(3)8-9-21(4)25-12-13-26-24-11-10-22-18-23(30)14-16-28(22,5)27(24)15-17-29(25,26)6/h7,10,20-21,23-27,30H,8-9,11-18H2,1-6H3/b19-7+/t20-,21+,23-,24-,25+,26-,27-,28-,29+/m0/s1. The number of aliphatic hydroxyl groups excluding tert-OH is 1. The van der Waals surface area contributed by atoms with Crippen molar-refractivity contribution in [2.45, 2.75) is 112 Å². The molecule has 4 rings (SSSR count). The maximum atomic E-state index is 10.2. The predicted molar refractivity (Wildman–Crippen MR) is 128 cm³/mol. The molecule has 30 heavy (non-hydrogen) atoms. The lowest BCUT2D eigenvalue weighted by atomic mass is 9.47. The fraction of sp³-hybridized carbons (Fsp3) is 0.862. The van der Waals surface area contributed by atoms with Crippen molar-refractivity contribution in [2.24, 2.45) is 46.3 Å². The third-order valence-corrected chi connectivity index (χ3v) is 11.1. The zero-order chi connectivity index (χ0) is 21.7. The highest BCUT2D eigenvalue weighted by Crippen LogP contribution is 2.67. The van der Waals surface area contributed by atoms with E-state index in [1.54, 1.807) is 11.1 Å². The lowest BCUT2D eigenvalue weighted by Gasteiger charge is -2.58. The van der Waals surface area contributed by atoms with Gasteiger partial charge in [0.1, 0.15) is 0 Å². The summed E-state index contributed by atoms with van der Waals surface area (Å²) in [6.07, 6.45) is 17.8. The molecule has 3 saturated carbocycles. The molecule has 0 spiro atoms. The average molecular weight is 413 g/mol.